The van der Waals surface area contributed by atoms with Gasteiger partial charge in [0.05, 0.1) is 18.3 Å². The summed E-state index contributed by atoms with van der Waals surface area (Å²) in [6.45, 7) is 0.458. The van der Waals surface area contributed by atoms with E-state index in [4.69, 9.17) is 5.73 Å². The van der Waals surface area contributed by atoms with E-state index in [0.717, 1.165) is 17.8 Å². The van der Waals surface area contributed by atoms with Crippen LogP contribution in [0.15, 0.2) is 54.7 Å². The Bertz CT molecular complexity index is 656. The zero-order chi connectivity index (χ0) is 12.4. The lowest BCUT2D eigenvalue weighted by Crippen LogP contribution is -2.06. The molecule has 90 valence electrons. The fraction of sp³-hybridized carbons (Fsp3) is 0.133. The quantitative estimate of drug-likeness (QED) is 0.760. The van der Waals surface area contributed by atoms with Crippen LogP contribution in [0.3, 0.4) is 0 Å². The summed E-state index contributed by atoms with van der Waals surface area (Å²) in [5.74, 6) is 0.913. The molecule has 0 radical (unpaired) electrons. The van der Waals surface area contributed by atoms with E-state index < -0.39 is 0 Å². The van der Waals surface area contributed by atoms with Gasteiger partial charge in [0.1, 0.15) is 5.82 Å². The molecule has 3 rings (SSSR count). The van der Waals surface area contributed by atoms with Crippen LogP contribution in [0.4, 0.5) is 0 Å². The molecule has 0 fully saturated rings. The zero-order valence-corrected chi connectivity index (χ0v) is 10.1. The third kappa shape index (κ3) is 1.89. The van der Waals surface area contributed by atoms with Gasteiger partial charge in [-0.1, -0.05) is 36.4 Å². The van der Waals surface area contributed by atoms with Crippen molar-refractivity contribution in [1.82, 2.24) is 9.38 Å². The number of nitrogens with zero attached hydrogens (tertiary/aromatic N) is 2. The van der Waals surface area contributed by atoms with Crippen molar-refractivity contribution in [2.45, 2.75) is 13.0 Å². The predicted octanol–water partition coefficient (Wildman–Crippen LogP) is 2.38. The maximum atomic E-state index is 5.74. The fourth-order valence-electron chi connectivity index (χ4n) is 2.27. The lowest BCUT2D eigenvalue weighted by Gasteiger charge is -2.08. The van der Waals surface area contributed by atoms with Crippen molar-refractivity contribution in [3.63, 3.8) is 0 Å². The maximum Gasteiger partial charge on any atom is 0.127 e. The lowest BCUT2D eigenvalue weighted by molar-refractivity contribution is 0.866. The Morgan fingerprint density at radius 1 is 1.00 bits per heavy atom. The fourth-order valence-corrected chi connectivity index (χ4v) is 2.27. The Labute approximate surface area is 106 Å². The highest BCUT2D eigenvalue weighted by Crippen LogP contribution is 2.14. The number of hydrogen-bond acceptors (Lipinski definition) is 2. The van der Waals surface area contributed by atoms with E-state index in [9.17, 15) is 0 Å². The van der Waals surface area contributed by atoms with Gasteiger partial charge in [0.2, 0.25) is 0 Å². The minimum Gasteiger partial charge on any atom is -0.324 e. The van der Waals surface area contributed by atoms with Gasteiger partial charge in [-0.25, -0.2) is 4.98 Å². The lowest BCUT2D eigenvalue weighted by atomic mass is 10.1. The van der Waals surface area contributed by atoms with E-state index >= 15 is 0 Å². The highest BCUT2D eigenvalue weighted by atomic mass is 15.0. The summed E-state index contributed by atoms with van der Waals surface area (Å²) >= 11 is 0. The first-order valence-corrected chi connectivity index (χ1v) is 6.06. The van der Waals surface area contributed by atoms with Gasteiger partial charge < -0.3 is 5.73 Å². The average molecular weight is 237 g/mol. The molecule has 0 atom stereocenters. The Morgan fingerprint density at radius 3 is 2.61 bits per heavy atom. The van der Waals surface area contributed by atoms with Crippen molar-refractivity contribution in [2.24, 2.45) is 5.73 Å². The number of imidazole rings is 1. The molecule has 0 aliphatic rings. The number of benzene rings is 1. The molecule has 0 saturated heterocycles. The van der Waals surface area contributed by atoms with Gasteiger partial charge in [0.25, 0.3) is 0 Å². The van der Waals surface area contributed by atoms with Crippen molar-refractivity contribution in [3.8, 4) is 0 Å². The normalized spacial score (nSPS) is 10.9. The van der Waals surface area contributed by atoms with Gasteiger partial charge in [-0.05, 0) is 17.7 Å². The molecule has 1 aromatic carbocycles. The van der Waals surface area contributed by atoms with E-state index in [1.54, 1.807) is 0 Å². The third-order valence-corrected chi connectivity index (χ3v) is 3.12. The van der Waals surface area contributed by atoms with Crippen LogP contribution in [0.5, 0.6) is 0 Å². The number of nitrogens with two attached hydrogens (primary N) is 1. The molecule has 2 aromatic heterocycles. The number of hydrogen-bond donors (Lipinski definition) is 1. The molecule has 0 aliphatic heterocycles. The summed E-state index contributed by atoms with van der Waals surface area (Å²) < 4.78 is 2.15. The van der Waals surface area contributed by atoms with Gasteiger partial charge in [-0.3, -0.25) is 4.40 Å². The minimum atomic E-state index is 0.458. The molecular formula is C15H15N3. The van der Waals surface area contributed by atoms with Crippen LogP contribution in [0.25, 0.3) is 5.52 Å². The molecule has 18 heavy (non-hydrogen) atoms. The average Bonchev–Trinajstić information content (AvgIpc) is 2.84. The largest absolute Gasteiger partial charge is 0.324 e. The van der Waals surface area contributed by atoms with Crippen LogP contribution in [0.1, 0.15) is 17.1 Å². The van der Waals surface area contributed by atoms with Crippen LogP contribution >= 0.6 is 0 Å². The highest BCUT2D eigenvalue weighted by Gasteiger charge is 2.06. The second kappa shape index (κ2) is 4.63. The molecule has 3 aromatic rings. The van der Waals surface area contributed by atoms with Gasteiger partial charge in [0, 0.05) is 12.1 Å². The van der Waals surface area contributed by atoms with E-state index in [-0.39, 0.29) is 0 Å². The van der Waals surface area contributed by atoms with Crippen LogP contribution < -0.4 is 5.73 Å². The molecule has 2 N–H and O–H groups in total. The summed E-state index contributed by atoms with van der Waals surface area (Å²) in [6.07, 6.45) is 2.76. The first-order chi connectivity index (χ1) is 8.88. The van der Waals surface area contributed by atoms with E-state index in [1.165, 1.54) is 11.3 Å². The Hall–Kier alpha value is -2.13. The van der Waals surface area contributed by atoms with Gasteiger partial charge in [0.15, 0.2) is 0 Å². The summed E-state index contributed by atoms with van der Waals surface area (Å²) in [7, 11) is 0. The van der Waals surface area contributed by atoms with Crippen molar-refractivity contribution in [2.75, 3.05) is 0 Å². The van der Waals surface area contributed by atoms with Crippen LogP contribution in [0.2, 0.25) is 0 Å². The number of fused-ring (bicyclic) bond motifs is 1. The van der Waals surface area contributed by atoms with Gasteiger partial charge >= 0.3 is 0 Å². The predicted molar refractivity (Wildman–Crippen MR) is 72.3 cm³/mol. The molecule has 0 bridgehead atoms. The second-order valence-corrected chi connectivity index (χ2v) is 4.32. The number of aromatic nitrogens is 2. The standard InChI is InChI=1S/C15H15N3/c16-10-15-17-11-14-8-4-7-13(18(14)15)9-12-5-2-1-3-6-12/h1-8,11H,9-10,16H2. The molecule has 3 heteroatoms. The smallest absolute Gasteiger partial charge is 0.127 e. The van der Waals surface area contributed by atoms with Crippen molar-refractivity contribution < 1.29 is 0 Å². The van der Waals surface area contributed by atoms with Gasteiger partial charge in [-0.2, -0.15) is 0 Å². The molecule has 0 spiro atoms. The molecule has 0 saturated carbocycles. The molecule has 0 aliphatic carbocycles. The number of pyridine rings is 1. The summed E-state index contributed by atoms with van der Waals surface area (Å²) in [6, 6.07) is 16.7. The Kier molecular flexibility index (Phi) is 2.82. The van der Waals surface area contributed by atoms with E-state index in [1.807, 2.05) is 12.3 Å². The minimum absolute atomic E-state index is 0.458. The van der Waals surface area contributed by atoms with Gasteiger partial charge in [-0.15, -0.1) is 0 Å². The van der Waals surface area contributed by atoms with Crippen LogP contribution in [-0.4, -0.2) is 9.38 Å². The Balaban J connectivity index is 2.09. The number of rotatable bonds is 3. The SMILES string of the molecule is NCc1ncc2cccc(Cc3ccccc3)n12. The van der Waals surface area contributed by atoms with E-state index in [0.29, 0.717) is 6.54 Å². The molecule has 2 heterocycles. The molecule has 3 nitrogen and oxygen atoms in total. The topological polar surface area (TPSA) is 43.3 Å². The first-order valence-electron chi connectivity index (χ1n) is 6.06. The molecule has 0 amide bonds. The van der Waals surface area contributed by atoms with Crippen molar-refractivity contribution in [3.05, 3.63) is 71.8 Å². The second-order valence-electron chi connectivity index (χ2n) is 4.32. The van der Waals surface area contributed by atoms with Crippen molar-refractivity contribution >= 4 is 5.52 Å². The summed E-state index contributed by atoms with van der Waals surface area (Å²) in [5, 5.41) is 0. The van der Waals surface area contributed by atoms with E-state index in [2.05, 4.69) is 51.8 Å². The molecule has 0 unspecified atom stereocenters. The first kappa shape index (κ1) is 11.0. The van der Waals surface area contributed by atoms with Crippen LogP contribution in [0, 0.1) is 0 Å². The summed E-state index contributed by atoms with van der Waals surface area (Å²) in [5.41, 5.74) is 9.35. The van der Waals surface area contributed by atoms with Crippen molar-refractivity contribution in [1.29, 1.82) is 0 Å². The third-order valence-electron chi connectivity index (χ3n) is 3.12. The monoisotopic (exact) mass is 237 g/mol. The maximum absolute atomic E-state index is 5.74. The highest BCUT2D eigenvalue weighted by molar-refractivity contribution is 5.48. The Morgan fingerprint density at radius 2 is 1.83 bits per heavy atom. The zero-order valence-electron chi connectivity index (χ0n) is 10.1. The van der Waals surface area contributed by atoms with Crippen LogP contribution in [-0.2, 0) is 13.0 Å². The molecular weight excluding hydrogens is 222 g/mol. The summed E-state index contributed by atoms with van der Waals surface area (Å²) in [4.78, 5) is 4.35.